The fourth-order valence-electron chi connectivity index (χ4n) is 2.01. The topological polar surface area (TPSA) is 62.9 Å². The lowest BCUT2D eigenvalue weighted by molar-refractivity contribution is 0.123. The lowest BCUT2D eigenvalue weighted by Gasteiger charge is -2.30. The molecule has 5 heteroatoms. The van der Waals surface area contributed by atoms with E-state index in [1.807, 2.05) is 25.1 Å². The van der Waals surface area contributed by atoms with Crippen LogP contribution in [0.2, 0.25) is 0 Å². The number of guanidine groups is 1. The fourth-order valence-corrected chi connectivity index (χ4v) is 2.01. The monoisotopic (exact) mass is 248 g/mol. The molecule has 0 amide bonds. The van der Waals surface area contributed by atoms with E-state index in [0.29, 0.717) is 12.5 Å². The van der Waals surface area contributed by atoms with Gasteiger partial charge in [-0.3, -0.25) is 4.99 Å². The van der Waals surface area contributed by atoms with E-state index in [4.69, 9.17) is 10.5 Å². The molecule has 1 aliphatic heterocycles. The second-order valence-corrected chi connectivity index (χ2v) is 4.10. The van der Waals surface area contributed by atoms with Crippen molar-refractivity contribution in [3.05, 3.63) is 24.3 Å². The Labute approximate surface area is 108 Å². The zero-order valence-electron chi connectivity index (χ0n) is 10.7. The van der Waals surface area contributed by atoms with E-state index in [2.05, 4.69) is 21.3 Å². The van der Waals surface area contributed by atoms with Crippen molar-refractivity contribution in [3.63, 3.8) is 0 Å². The molecule has 1 saturated heterocycles. The van der Waals surface area contributed by atoms with Crippen molar-refractivity contribution in [1.29, 1.82) is 0 Å². The molecule has 1 aromatic carbocycles. The van der Waals surface area contributed by atoms with Crippen molar-refractivity contribution >= 4 is 17.3 Å². The van der Waals surface area contributed by atoms with Gasteiger partial charge < -0.3 is 20.7 Å². The van der Waals surface area contributed by atoms with E-state index in [0.717, 1.165) is 37.7 Å². The molecule has 0 unspecified atom stereocenters. The zero-order chi connectivity index (χ0) is 12.8. The molecule has 1 heterocycles. The summed E-state index contributed by atoms with van der Waals surface area (Å²) in [4.78, 5) is 6.44. The molecule has 0 saturated carbocycles. The Bertz CT molecular complexity index is 413. The Kier molecular flexibility index (Phi) is 4.41. The van der Waals surface area contributed by atoms with E-state index in [-0.39, 0.29) is 0 Å². The molecule has 0 aliphatic carbocycles. The third-order valence-corrected chi connectivity index (χ3v) is 2.85. The summed E-state index contributed by atoms with van der Waals surface area (Å²) in [6.45, 7) is 5.99. The van der Waals surface area contributed by atoms with Gasteiger partial charge in [0.1, 0.15) is 0 Å². The first-order chi connectivity index (χ1) is 8.81. The molecule has 0 aromatic heterocycles. The van der Waals surface area contributed by atoms with Crippen LogP contribution in [-0.2, 0) is 4.74 Å². The van der Waals surface area contributed by atoms with E-state index in [1.54, 1.807) is 0 Å². The summed E-state index contributed by atoms with van der Waals surface area (Å²) in [5.41, 5.74) is 7.95. The van der Waals surface area contributed by atoms with E-state index < -0.39 is 0 Å². The average molecular weight is 248 g/mol. The summed E-state index contributed by atoms with van der Waals surface area (Å²) < 4.78 is 5.37. The predicted octanol–water partition coefficient (Wildman–Crippen LogP) is 1.27. The number of anilines is 2. The fraction of sp³-hybridized carbons (Fsp3) is 0.462. The Balaban J connectivity index is 2.16. The molecular formula is C13H20N4O. The van der Waals surface area contributed by atoms with Crippen LogP contribution in [0.15, 0.2) is 29.3 Å². The maximum atomic E-state index is 5.81. The van der Waals surface area contributed by atoms with Crippen LogP contribution in [0.3, 0.4) is 0 Å². The van der Waals surface area contributed by atoms with Crippen molar-refractivity contribution in [2.75, 3.05) is 43.1 Å². The number of morpholine rings is 1. The van der Waals surface area contributed by atoms with Crippen LogP contribution in [0, 0.1) is 0 Å². The Morgan fingerprint density at radius 3 is 2.83 bits per heavy atom. The highest BCUT2D eigenvalue weighted by atomic mass is 16.5. The molecule has 18 heavy (non-hydrogen) atoms. The second-order valence-electron chi connectivity index (χ2n) is 4.10. The number of ether oxygens (including phenoxy) is 1. The summed E-state index contributed by atoms with van der Waals surface area (Å²) in [6.07, 6.45) is 0. The smallest absolute Gasteiger partial charge is 0.193 e. The van der Waals surface area contributed by atoms with Gasteiger partial charge in [0.05, 0.1) is 24.6 Å². The maximum Gasteiger partial charge on any atom is 0.193 e. The van der Waals surface area contributed by atoms with Gasteiger partial charge in [-0.25, -0.2) is 0 Å². The lowest BCUT2D eigenvalue weighted by atomic mass is 10.2. The Morgan fingerprint density at radius 1 is 1.39 bits per heavy atom. The summed E-state index contributed by atoms with van der Waals surface area (Å²) in [6, 6.07) is 8.13. The first-order valence-corrected chi connectivity index (χ1v) is 6.30. The molecule has 0 spiro atoms. The maximum absolute atomic E-state index is 5.81. The molecule has 0 bridgehead atoms. The van der Waals surface area contributed by atoms with Gasteiger partial charge >= 0.3 is 0 Å². The van der Waals surface area contributed by atoms with Gasteiger partial charge in [-0.05, 0) is 19.1 Å². The number of rotatable bonds is 3. The molecule has 1 fully saturated rings. The first-order valence-electron chi connectivity index (χ1n) is 6.30. The van der Waals surface area contributed by atoms with Crippen molar-refractivity contribution in [2.24, 2.45) is 10.7 Å². The quantitative estimate of drug-likeness (QED) is 0.624. The van der Waals surface area contributed by atoms with Crippen LogP contribution < -0.4 is 16.0 Å². The van der Waals surface area contributed by atoms with E-state index >= 15 is 0 Å². The molecule has 1 aromatic rings. The van der Waals surface area contributed by atoms with Gasteiger partial charge in [-0.1, -0.05) is 12.1 Å². The van der Waals surface area contributed by atoms with Gasteiger partial charge in [0.2, 0.25) is 0 Å². The molecule has 1 aliphatic rings. The minimum absolute atomic E-state index is 0.457. The molecule has 98 valence electrons. The molecule has 0 radical (unpaired) electrons. The zero-order valence-corrected chi connectivity index (χ0v) is 10.7. The largest absolute Gasteiger partial charge is 0.378 e. The third-order valence-electron chi connectivity index (χ3n) is 2.85. The number of para-hydroxylation sites is 2. The van der Waals surface area contributed by atoms with Gasteiger partial charge in [0.25, 0.3) is 0 Å². The summed E-state index contributed by atoms with van der Waals surface area (Å²) in [5, 5.41) is 3.15. The number of hydrogen-bond donors (Lipinski definition) is 2. The van der Waals surface area contributed by atoms with Crippen LogP contribution in [-0.4, -0.2) is 38.8 Å². The van der Waals surface area contributed by atoms with Crippen molar-refractivity contribution in [1.82, 2.24) is 0 Å². The molecule has 0 atom stereocenters. The average Bonchev–Trinajstić information content (AvgIpc) is 2.40. The number of nitrogens with two attached hydrogens (primary N) is 1. The summed E-state index contributed by atoms with van der Waals surface area (Å²) >= 11 is 0. The Hall–Kier alpha value is -1.75. The van der Waals surface area contributed by atoms with Crippen LogP contribution in [0.4, 0.5) is 11.4 Å². The number of benzene rings is 1. The van der Waals surface area contributed by atoms with Crippen LogP contribution in [0.1, 0.15) is 6.92 Å². The highest BCUT2D eigenvalue weighted by Gasteiger charge is 2.14. The summed E-state index contributed by atoms with van der Waals surface area (Å²) in [7, 11) is 0. The van der Waals surface area contributed by atoms with Crippen LogP contribution in [0.25, 0.3) is 0 Å². The second kappa shape index (κ2) is 6.26. The van der Waals surface area contributed by atoms with Gasteiger partial charge in [-0.2, -0.15) is 0 Å². The van der Waals surface area contributed by atoms with Crippen LogP contribution >= 0.6 is 0 Å². The molecule has 3 N–H and O–H groups in total. The minimum Gasteiger partial charge on any atom is -0.378 e. The van der Waals surface area contributed by atoms with Crippen molar-refractivity contribution in [3.8, 4) is 0 Å². The van der Waals surface area contributed by atoms with Gasteiger partial charge in [0, 0.05) is 19.6 Å². The lowest BCUT2D eigenvalue weighted by Crippen LogP contribution is -2.37. The number of nitrogens with zero attached hydrogens (tertiary/aromatic N) is 2. The normalized spacial score (nSPS) is 16.7. The molecule has 2 rings (SSSR count). The Morgan fingerprint density at radius 2 is 2.11 bits per heavy atom. The van der Waals surface area contributed by atoms with Crippen LogP contribution in [0.5, 0.6) is 0 Å². The molecule has 5 nitrogen and oxygen atoms in total. The van der Waals surface area contributed by atoms with E-state index in [9.17, 15) is 0 Å². The SMILES string of the molecule is CCN=C(N)Nc1ccccc1N1CCOCC1. The van der Waals surface area contributed by atoms with Gasteiger partial charge in [-0.15, -0.1) is 0 Å². The van der Waals surface area contributed by atoms with Gasteiger partial charge in [0.15, 0.2) is 5.96 Å². The third kappa shape index (κ3) is 3.13. The minimum atomic E-state index is 0.457. The van der Waals surface area contributed by atoms with E-state index in [1.165, 1.54) is 0 Å². The molecular weight excluding hydrogens is 228 g/mol. The standard InChI is InChI=1S/C13H20N4O/c1-2-15-13(14)16-11-5-3-4-6-12(11)17-7-9-18-10-8-17/h3-6H,2,7-10H2,1H3,(H3,14,15,16). The number of hydrogen-bond acceptors (Lipinski definition) is 3. The van der Waals surface area contributed by atoms with Crippen molar-refractivity contribution < 1.29 is 4.74 Å². The first kappa shape index (κ1) is 12.7. The highest BCUT2D eigenvalue weighted by molar-refractivity contribution is 5.95. The number of aliphatic imine (C=N–C) groups is 1. The predicted molar refractivity (Wildman–Crippen MR) is 75.3 cm³/mol. The summed E-state index contributed by atoms with van der Waals surface area (Å²) in [5.74, 6) is 0.457. The van der Waals surface area contributed by atoms with Crippen molar-refractivity contribution in [2.45, 2.75) is 6.92 Å². The number of nitrogens with one attached hydrogen (secondary N) is 1. The highest BCUT2D eigenvalue weighted by Crippen LogP contribution is 2.25.